The number of alkyl halides is 6. The van der Waals surface area contributed by atoms with Crippen molar-refractivity contribution in [1.29, 1.82) is 0 Å². The summed E-state index contributed by atoms with van der Waals surface area (Å²) in [6.45, 7) is 2.55. The van der Waals surface area contributed by atoms with E-state index in [-0.39, 0.29) is 38.9 Å². The van der Waals surface area contributed by atoms with Crippen molar-refractivity contribution in [3.05, 3.63) is 0 Å². The lowest BCUT2D eigenvalue weighted by atomic mass is 10.1. The minimum atomic E-state index is -4.95. The summed E-state index contributed by atoms with van der Waals surface area (Å²) in [6, 6.07) is 0. The number of hydrogen-bond acceptors (Lipinski definition) is 8. The van der Waals surface area contributed by atoms with Crippen molar-refractivity contribution >= 4 is 23.9 Å². The highest BCUT2D eigenvalue weighted by atomic mass is 19.4. The maximum Gasteiger partial charge on any atom is 0.426 e. The van der Waals surface area contributed by atoms with E-state index in [1.54, 1.807) is 0 Å². The van der Waals surface area contributed by atoms with Crippen molar-refractivity contribution in [2.75, 3.05) is 13.2 Å². The van der Waals surface area contributed by atoms with Gasteiger partial charge in [-0.2, -0.15) is 26.3 Å². The van der Waals surface area contributed by atoms with Gasteiger partial charge >= 0.3 is 36.2 Å². The molecule has 0 aliphatic carbocycles. The highest BCUT2D eigenvalue weighted by Crippen LogP contribution is 2.27. The number of ether oxygens (including phenoxy) is 4. The Balaban J connectivity index is 4.32. The summed E-state index contributed by atoms with van der Waals surface area (Å²) in [5.74, 6) is -4.70. The van der Waals surface area contributed by atoms with Crippen molar-refractivity contribution in [2.45, 2.75) is 89.8 Å². The summed E-state index contributed by atoms with van der Waals surface area (Å²) >= 11 is 0. The van der Waals surface area contributed by atoms with Crippen LogP contribution in [0.25, 0.3) is 0 Å². The summed E-state index contributed by atoms with van der Waals surface area (Å²) in [5, 5.41) is 0. The molecule has 0 aliphatic rings. The third-order valence-corrected chi connectivity index (χ3v) is 4.10. The summed E-state index contributed by atoms with van der Waals surface area (Å²) in [4.78, 5) is 45.7. The predicted octanol–water partition coefficient (Wildman–Crippen LogP) is 4.18. The van der Waals surface area contributed by atoms with Gasteiger partial charge in [0, 0.05) is 12.8 Å². The minimum absolute atomic E-state index is 0.0892. The van der Waals surface area contributed by atoms with E-state index in [4.69, 9.17) is 0 Å². The Morgan fingerprint density at radius 3 is 1.18 bits per heavy atom. The second-order valence-electron chi connectivity index (χ2n) is 6.97. The number of esters is 4. The molecule has 198 valence electrons. The van der Waals surface area contributed by atoms with E-state index in [0.717, 1.165) is 0 Å². The first kappa shape index (κ1) is 31.5. The number of unbranched alkanes of at least 4 members (excludes halogenated alkanes) is 3. The van der Waals surface area contributed by atoms with Crippen LogP contribution in [0.5, 0.6) is 0 Å². The van der Waals surface area contributed by atoms with Crippen LogP contribution < -0.4 is 0 Å². The van der Waals surface area contributed by atoms with Gasteiger partial charge in [0.1, 0.15) is 0 Å². The van der Waals surface area contributed by atoms with Crippen LogP contribution in [-0.2, 0) is 38.1 Å². The molecule has 0 spiro atoms. The van der Waals surface area contributed by atoms with E-state index in [9.17, 15) is 45.5 Å². The predicted molar refractivity (Wildman–Crippen MR) is 102 cm³/mol. The zero-order valence-corrected chi connectivity index (χ0v) is 18.8. The van der Waals surface area contributed by atoms with Crippen molar-refractivity contribution in [2.24, 2.45) is 0 Å². The molecule has 0 fully saturated rings. The quantitative estimate of drug-likeness (QED) is 0.140. The number of carbonyl (C=O) groups excluding carboxylic acids is 4. The Bertz CT molecular complexity index is 606. The summed E-state index contributed by atoms with van der Waals surface area (Å²) in [7, 11) is 0. The third kappa shape index (κ3) is 14.6. The average Bonchev–Trinajstić information content (AvgIpc) is 2.68. The standard InChI is InChI=1S/C20H28F6O8/c1-3-31-17(29)11-13(19(21,22)23)33-15(27)9-7-5-6-8-10-16(28)34-14(20(24,25)26)12-18(30)32-4-2/h13-14H,3-12H2,1-2H3. The summed E-state index contributed by atoms with van der Waals surface area (Å²) in [5.41, 5.74) is 0. The molecular weight excluding hydrogens is 482 g/mol. The Hall–Kier alpha value is -2.54. The van der Waals surface area contributed by atoms with Crippen LogP contribution in [0.4, 0.5) is 26.3 Å². The maximum atomic E-state index is 12.9. The van der Waals surface area contributed by atoms with Gasteiger partial charge in [-0.1, -0.05) is 12.8 Å². The van der Waals surface area contributed by atoms with Gasteiger partial charge < -0.3 is 18.9 Å². The number of carbonyl (C=O) groups is 4. The number of rotatable bonds is 15. The highest BCUT2D eigenvalue weighted by Gasteiger charge is 2.45. The lowest BCUT2D eigenvalue weighted by molar-refractivity contribution is -0.224. The molecule has 2 atom stereocenters. The van der Waals surface area contributed by atoms with E-state index < -0.39 is 74.1 Å². The fraction of sp³-hybridized carbons (Fsp3) is 0.800. The largest absolute Gasteiger partial charge is 0.466 e. The van der Waals surface area contributed by atoms with Crippen LogP contribution in [0, 0.1) is 0 Å². The first-order chi connectivity index (χ1) is 15.7. The van der Waals surface area contributed by atoms with Gasteiger partial charge in [0.2, 0.25) is 12.2 Å². The van der Waals surface area contributed by atoms with Gasteiger partial charge in [0.25, 0.3) is 0 Å². The SMILES string of the molecule is CCOC(=O)CC(OC(=O)CCCCCCC(=O)OC(CC(=O)OCC)C(F)(F)F)C(F)(F)F. The van der Waals surface area contributed by atoms with E-state index in [1.807, 2.05) is 0 Å². The Kier molecular flexibility index (Phi) is 14.2. The molecule has 0 N–H and O–H groups in total. The third-order valence-electron chi connectivity index (χ3n) is 4.10. The summed E-state index contributed by atoms with van der Waals surface area (Å²) in [6.07, 6.45) is -17.6. The van der Waals surface area contributed by atoms with Crippen LogP contribution >= 0.6 is 0 Å². The minimum Gasteiger partial charge on any atom is -0.466 e. The number of halogens is 6. The first-order valence-electron chi connectivity index (χ1n) is 10.5. The van der Waals surface area contributed by atoms with Gasteiger partial charge in [0.05, 0.1) is 26.1 Å². The van der Waals surface area contributed by atoms with Gasteiger partial charge in [-0.15, -0.1) is 0 Å². The van der Waals surface area contributed by atoms with Crippen LogP contribution in [0.15, 0.2) is 0 Å². The van der Waals surface area contributed by atoms with Gasteiger partial charge in [-0.05, 0) is 26.7 Å². The molecule has 2 unspecified atom stereocenters. The second-order valence-corrected chi connectivity index (χ2v) is 6.97. The van der Waals surface area contributed by atoms with Crippen molar-refractivity contribution in [3.63, 3.8) is 0 Å². The fourth-order valence-electron chi connectivity index (χ4n) is 2.52. The molecule has 0 heterocycles. The molecule has 0 aromatic heterocycles. The van der Waals surface area contributed by atoms with Gasteiger partial charge in [-0.25, -0.2) is 0 Å². The van der Waals surface area contributed by atoms with E-state index in [0.29, 0.717) is 0 Å². The topological polar surface area (TPSA) is 105 Å². The van der Waals surface area contributed by atoms with E-state index >= 15 is 0 Å². The lowest BCUT2D eigenvalue weighted by Gasteiger charge is -2.20. The molecule has 0 rings (SSSR count). The van der Waals surface area contributed by atoms with Crippen LogP contribution in [0.1, 0.15) is 65.2 Å². The summed E-state index contributed by atoms with van der Waals surface area (Å²) < 4.78 is 94.8. The monoisotopic (exact) mass is 510 g/mol. The van der Waals surface area contributed by atoms with Crippen molar-refractivity contribution in [3.8, 4) is 0 Å². The molecule has 0 amide bonds. The zero-order chi connectivity index (χ0) is 26.4. The molecule has 0 saturated heterocycles. The van der Waals surface area contributed by atoms with Crippen LogP contribution in [0.2, 0.25) is 0 Å². The maximum absolute atomic E-state index is 12.9. The van der Waals surface area contributed by atoms with Crippen molar-refractivity contribution < 1.29 is 64.5 Å². The van der Waals surface area contributed by atoms with Crippen LogP contribution in [0.3, 0.4) is 0 Å². The molecule has 0 aromatic carbocycles. The van der Waals surface area contributed by atoms with E-state index in [2.05, 4.69) is 18.9 Å². The normalized spacial score (nSPS) is 13.5. The molecule has 0 aliphatic heterocycles. The highest BCUT2D eigenvalue weighted by molar-refractivity contribution is 5.73. The van der Waals surface area contributed by atoms with Crippen molar-refractivity contribution in [1.82, 2.24) is 0 Å². The fourth-order valence-corrected chi connectivity index (χ4v) is 2.52. The molecule has 34 heavy (non-hydrogen) atoms. The number of hydrogen-bond donors (Lipinski definition) is 0. The molecule has 0 saturated carbocycles. The average molecular weight is 510 g/mol. The molecular formula is C20H28F6O8. The van der Waals surface area contributed by atoms with E-state index in [1.165, 1.54) is 13.8 Å². The first-order valence-corrected chi connectivity index (χ1v) is 10.5. The Morgan fingerprint density at radius 2 is 0.912 bits per heavy atom. The molecule has 0 aromatic rings. The van der Waals surface area contributed by atoms with Gasteiger partial charge in [-0.3, -0.25) is 19.2 Å². The smallest absolute Gasteiger partial charge is 0.426 e. The second kappa shape index (κ2) is 15.4. The lowest BCUT2D eigenvalue weighted by Crippen LogP contribution is -2.36. The Morgan fingerprint density at radius 1 is 0.588 bits per heavy atom. The van der Waals surface area contributed by atoms with Gasteiger partial charge in [0.15, 0.2) is 0 Å². The zero-order valence-electron chi connectivity index (χ0n) is 18.8. The molecule has 14 heteroatoms. The van der Waals surface area contributed by atoms with Crippen LogP contribution in [-0.4, -0.2) is 61.7 Å². The molecule has 0 bridgehead atoms. The molecule has 8 nitrogen and oxygen atoms in total. The molecule has 0 radical (unpaired) electrons. The Labute approximate surface area is 192 Å².